The van der Waals surface area contributed by atoms with Gasteiger partial charge >= 0.3 is 5.97 Å². The van der Waals surface area contributed by atoms with Crippen molar-refractivity contribution in [2.75, 3.05) is 0 Å². The molecule has 0 unspecified atom stereocenters. The van der Waals surface area contributed by atoms with E-state index < -0.39 is 11.6 Å². The lowest BCUT2D eigenvalue weighted by molar-refractivity contribution is -0.0130. The third kappa shape index (κ3) is 2.70. The quantitative estimate of drug-likeness (QED) is 0.749. The number of nitrogens with zero attached hydrogens (tertiary/aromatic N) is 1. The van der Waals surface area contributed by atoms with Crippen LogP contribution in [0, 0.1) is 17.2 Å². The molecule has 1 aliphatic rings. The number of hydrogen-bond donors (Lipinski definition) is 0. The van der Waals surface area contributed by atoms with E-state index in [9.17, 15) is 10.1 Å². The second kappa shape index (κ2) is 5.22. The summed E-state index contributed by atoms with van der Waals surface area (Å²) in [5, 5.41) is 9.30. The van der Waals surface area contributed by atoms with E-state index in [2.05, 4.69) is 13.0 Å². The topological polar surface area (TPSA) is 50.1 Å². The highest BCUT2D eigenvalue weighted by atomic mass is 16.6. The highest BCUT2D eigenvalue weighted by Crippen LogP contribution is 2.34. The Bertz CT molecular complexity index is 453. The number of nitriles is 1. The molecule has 0 amide bonds. The van der Waals surface area contributed by atoms with Gasteiger partial charge in [-0.25, -0.2) is 4.79 Å². The van der Waals surface area contributed by atoms with Gasteiger partial charge < -0.3 is 4.74 Å². The van der Waals surface area contributed by atoms with E-state index in [4.69, 9.17) is 4.74 Å². The smallest absolute Gasteiger partial charge is 0.339 e. The van der Waals surface area contributed by atoms with Gasteiger partial charge in [-0.2, -0.15) is 5.26 Å². The Morgan fingerprint density at radius 1 is 1.33 bits per heavy atom. The van der Waals surface area contributed by atoms with Crippen molar-refractivity contribution >= 4 is 5.97 Å². The zero-order valence-corrected chi connectivity index (χ0v) is 10.6. The molecular weight excluding hydrogens is 226 g/mol. The van der Waals surface area contributed by atoms with E-state index >= 15 is 0 Å². The zero-order chi connectivity index (χ0) is 13.0. The molecule has 0 radical (unpaired) electrons. The van der Waals surface area contributed by atoms with Gasteiger partial charge in [0.05, 0.1) is 5.56 Å². The van der Waals surface area contributed by atoms with Gasteiger partial charge in [0, 0.05) is 12.8 Å². The Balaban J connectivity index is 2.08. The molecule has 1 aromatic carbocycles. The van der Waals surface area contributed by atoms with Crippen LogP contribution in [-0.2, 0) is 4.74 Å². The van der Waals surface area contributed by atoms with Crippen molar-refractivity contribution in [1.82, 2.24) is 0 Å². The SMILES string of the molecule is CC1CCC(C#N)(OC(=O)c2ccccc2)CC1. The largest absolute Gasteiger partial charge is 0.440 e. The second-order valence-corrected chi connectivity index (χ2v) is 5.04. The minimum atomic E-state index is -0.917. The molecule has 94 valence electrons. The van der Waals surface area contributed by atoms with Crippen LogP contribution in [0.15, 0.2) is 30.3 Å². The summed E-state index contributed by atoms with van der Waals surface area (Å²) in [6.07, 6.45) is 3.16. The molecule has 0 aromatic heterocycles. The fraction of sp³-hybridized carbons (Fsp3) is 0.467. The highest BCUT2D eigenvalue weighted by molar-refractivity contribution is 5.89. The van der Waals surface area contributed by atoms with Gasteiger partial charge in [-0.3, -0.25) is 0 Å². The Kier molecular flexibility index (Phi) is 3.66. The maximum atomic E-state index is 12.0. The number of ether oxygens (including phenoxy) is 1. The number of esters is 1. The molecule has 1 saturated carbocycles. The summed E-state index contributed by atoms with van der Waals surface area (Å²) in [6.45, 7) is 2.17. The van der Waals surface area contributed by atoms with Crippen molar-refractivity contribution in [3.05, 3.63) is 35.9 Å². The summed E-state index contributed by atoms with van der Waals surface area (Å²) in [6, 6.07) is 11.0. The van der Waals surface area contributed by atoms with Crippen molar-refractivity contribution in [2.24, 2.45) is 5.92 Å². The van der Waals surface area contributed by atoms with Gasteiger partial charge in [0.25, 0.3) is 0 Å². The first-order valence-electron chi connectivity index (χ1n) is 6.35. The predicted molar refractivity (Wildman–Crippen MR) is 67.8 cm³/mol. The summed E-state index contributed by atoms with van der Waals surface area (Å²) < 4.78 is 5.46. The van der Waals surface area contributed by atoms with Crippen molar-refractivity contribution in [3.8, 4) is 6.07 Å². The molecule has 0 aliphatic heterocycles. The monoisotopic (exact) mass is 243 g/mol. The number of benzene rings is 1. The number of rotatable bonds is 2. The lowest BCUT2D eigenvalue weighted by Crippen LogP contribution is -2.37. The van der Waals surface area contributed by atoms with Gasteiger partial charge in [-0.1, -0.05) is 25.1 Å². The van der Waals surface area contributed by atoms with E-state index in [0.717, 1.165) is 12.8 Å². The minimum absolute atomic E-state index is 0.397. The summed E-state index contributed by atoms with van der Waals surface area (Å²) in [4.78, 5) is 12.0. The number of hydrogen-bond acceptors (Lipinski definition) is 3. The minimum Gasteiger partial charge on any atom is -0.440 e. The fourth-order valence-corrected chi connectivity index (χ4v) is 2.28. The molecule has 3 heteroatoms. The Labute approximate surface area is 107 Å². The van der Waals surface area contributed by atoms with Gasteiger partial charge in [0.1, 0.15) is 6.07 Å². The van der Waals surface area contributed by atoms with E-state index in [1.54, 1.807) is 24.3 Å². The van der Waals surface area contributed by atoms with Gasteiger partial charge in [-0.15, -0.1) is 0 Å². The lowest BCUT2D eigenvalue weighted by Gasteiger charge is -2.33. The maximum Gasteiger partial charge on any atom is 0.339 e. The fourth-order valence-electron chi connectivity index (χ4n) is 2.28. The average Bonchev–Trinajstić information content (AvgIpc) is 2.43. The van der Waals surface area contributed by atoms with Crippen LogP contribution in [0.5, 0.6) is 0 Å². The van der Waals surface area contributed by atoms with Crippen molar-refractivity contribution < 1.29 is 9.53 Å². The van der Waals surface area contributed by atoms with Crippen LogP contribution in [0.4, 0.5) is 0 Å². The third-order valence-corrected chi connectivity index (χ3v) is 3.58. The van der Waals surface area contributed by atoms with Crippen LogP contribution >= 0.6 is 0 Å². The molecule has 0 spiro atoms. The first-order valence-corrected chi connectivity index (χ1v) is 6.35. The van der Waals surface area contributed by atoms with E-state index in [0.29, 0.717) is 24.3 Å². The Morgan fingerprint density at radius 3 is 2.50 bits per heavy atom. The van der Waals surface area contributed by atoms with Gasteiger partial charge in [0.2, 0.25) is 0 Å². The second-order valence-electron chi connectivity index (χ2n) is 5.04. The first kappa shape index (κ1) is 12.6. The molecule has 0 N–H and O–H groups in total. The van der Waals surface area contributed by atoms with Crippen LogP contribution in [0.1, 0.15) is 43.0 Å². The third-order valence-electron chi connectivity index (χ3n) is 3.58. The highest BCUT2D eigenvalue weighted by Gasteiger charge is 2.38. The van der Waals surface area contributed by atoms with Crippen molar-refractivity contribution in [1.29, 1.82) is 5.26 Å². The molecule has 2 rings (SSSR count). The molecular formula is C15H17NO2. The van der Waals surface area contributed by atoms with Crippen molar-refractivity contribution in [2.45, 2.75) is 38.2 Å². The average molecular weight is 243 g/mol. The molecule has 1 fully saturated rings. The Hall–Kier alpha value is -1.82. The molecule has 3 nitrogen and oxygen atoms in total. The molecule has 1 aromatic rings. The standard InChI is InChI=1S/C15H17NO2/c1-12-7-9-15(11-16,10-8-12)18-14(17)13-5-3-2-4-6-13/h2-6,12H,7-10H2,1H3. The van der Waals surface area contributed by atoms with Crippen LogP contribution in [0.3, 0.4) is 0 Å². The zero-order valence-electron chi connectivity index (χ0n) is 10.6. The van der Waals surface area contributed by atoms with Crippen LogP contribution in [0.2, 0.25) is 0 Å². The van der Waals surface area contributed by atoms with E-state index in [1.165, 1.54) is 0 Å². The number of carbonyl (C=O) groups is 1. The lowest BCUT2D eigenvalue weighted by atomic mass is 9.80. The molecule has 0 heterocycles. The molecule has 0 atom stereocenters. The number of carbonyl (C=O) groups excluding carboxylic acids is 1. The summed E-state index contributed by atoms with van der Waals surface area (Å²) in [5.74, 6) is 0.216. The van der Waals surface area contributed by atoms with E-state index in [-0.39, 0.29) is 0 Å². The van der Waals surface area contributed by atoms with Crippen LogP contribution in [0.25, 0.3) is 0 Å². The first-order chi connectivity index (χ1) is 8.65. The van der Waals surface area contributed by atoms with E-state index in [1.807, 2.05) is 6.07 Å². The van der Waals surface area contributed by atoms with Gasteiger partial charge in [0.15, 0.2) is 5.60 Å². The van der Waals surface area contributed by atoms with Crippen LogP contribution < -0.4 is 0 Å². The van der Waals surface area contributed by atoms with Crippen molar-refractivity contribution in [3.63, 3.8) is 0 Å². The predicted octanol–water partition coefficient (Wildman–Crippen LogP) is 3.32. The molecule has 0 bridgehead atoms. The summed E-state index contributed by atoms with van der Waals surface area (Å²) in [5.41, 5.74) is -0.412. The Morgan fingerprint density at radius 2 is 1.94 bits per heavy atom. The maximum absolute atomic E-state index is 12.0. The summed E-state index contributed by atoms with van der Waals surface area (Å²) >= 11 is 0. The van der Waals surface area contributed by atoms with Gasteiger partial charge in [-0.05, 0) is 30.9 Å². The summed E-state index contributed by atoms with van der Waals surface area (Å²) in [7, 11) is 0. The van der Waals surface area contributed by atoms with Crippen LogP contribution in [-0.4, -0.2) is 11.6 Å². The molecule has 1 aliphatic carbocycles. The normalized spacial score (nSPS) is 27.2. The molecule has 18 heavy (non-hydrogen) atoms. The molecule has 0 saturated heterocycles.